The summed E-state index contributed by atoms with van der Waals surface area (Å²) >= 11 is 1.66. The number of benzene rings is 1. The molecule has 4 aromatic heterocycles. The van der Waals surface area contributed by atoms with Crippen molar-refractivity contribution < 1.29 is 42.6 Å². The van der Waals surface area contributed by atoms with Gasteiger partial charge in [-0.05, 0) is 99.4 Å². The molecule has 3 fully saturated rings. The van der Waals surface area contributed by atoms with Crippen LogP contribution in [0.3, 0.4) is 0 Å². The summed E-state index contributed by atoms with van der Waals surface area (Å²) in [6, 6.07) is 12.9. The normalized spacial score (nSPS) is 17.5. The molecule has 3 amide bonds. The first-order chi connectivity index (χ1) is 33.2. The number of thiophene rings is 1. The number of rotatable bonds is 23. The van der Waals surface area contributed by atoms with Gasteiger partial charge in [-0.3, -0.25) is 24.3 Å². The van der Waals surface area contributed by atoms with Crippen molar-refractivity contribution in [2.75, 3.05) is 92.6 Å². The van der Waals surface area contributed by atoms with E-state index in [1.165, 1.54) is 6.42 Å². The zero-order chi connectivity index (χ0) is 47.2. The Morgan fingerprint density at radius 1 is 0.838 bits per heavy atom. The van der Waals surface area contributed by atoms with Crippen molar-refractivity contribution in [2.45, 2.75) is 90.1 Å². The molecule has 1 aromatic carbocycles. The van der Waals surface area contributed by atoms with Crippen molar-refractivity contribution in [1.82, 2.24) is 40.0 Å². The number of fused-ring (bicyclic) bond motifs is 2. The Morgan fingerprint density at radius 3 is 2.31 bits per heavy atom. The molecule has 1 unspecified atom stereocenters. The first-order valence-corrected chi connectivity index (χ1v) is 25.3. The number of pyridine rings is 1. The van der Waals surface area contributed by atoms with Crippen LogP contribution in [0.1, 0.15) is 73.7 Å². The SMILES string of the molecule is CN[C@@H](C)C(=O)NC(C(=O)N1CCN(C(=O)c2ccc3c(c2)cc(C)n3CCOCCOCCOCCOc2cc(CN3CCC(Oc4ccnc5ccsc45)CC3)on2)CC1)C1CCCCC1. The van der Waals surface area contributed by atoms with Gasteiger partial charge in [0.25, 0.3) is 11.8 Å². The third-order valence-corrected chi connectivity index (χ3v) is 14.4. The average Bonchev–Trinajstić information content (AvgIpc) is 4.12. The van der Waals surface area contributed by atoms with E-state index in [1.54, 1.807) is 25.3 Å². The minimum absolute atomic E-state index is 0.0369. The Hall–Kier alpha value is -5.11. The molecule has 6 heterocycles. The van der Waals surface area contributed by atoms with E-state index in [9.17, 15) is 14.4 Å². The maximum absolute atomic E-state index is 13.8. The van der Waals surface area contributed by atoms with Gasteiger partial charge in [0.15, 0.2) is 5.76 Å². The first kappa shape index (κ1) is 49.3. The number of aryl methyl sites for hydroxylation is 1. The summed E-state index contributed by atoms with van der Waals surface area (Å²) in [6.45, 7) is 11.9. The molecule has 0 spiro atoms. The standard InChI is InChI=1S/C50H68N8O9S/c1-35-31-39-32-38(49(60)56-18-20-57(21-19-56)50(61)46(37-7-5-4-6-8-37)53-48(59)36(2)51-3)9-10-43(39)58(35)22-23-62-24-25-63-26-27-64-28-29-65-45-33-41(67-54-45)34-55-16-12-40(13-17-55)66-44-11-15-52-42-14-30-68-47(42)44/h9-11,14-15,30-33,36-37,40,46,51H,4-8,12-13,16-29,34H2,1-3H3,(H,53,59)/t36-,46?/m0/s1. The molecule has 0 bridgehead atoms. The lowest BCUT2D eigenvalue weighted by molar-refractivity contribution is -0.140. The molecule has 1 saturated carbocycles. The molecule has 2 aliphatic heterocycles. The van der Waals surface area contributed by atoms with Gasteiger partial charge in [-0.1, -0.05) is 19.3 Å². The van der Waals surface area contributed by atoms with Gasteiger partial charge < -0.3 is 53.2 Å². The number of likely N-dealkylation sites (tertiary alicyclic amines) is 1. The van der Waals surface area contributed by atoms with E-state index in [-0.39, 0.29) is 35.8 Å². The fourth-order valence-electron chi connectivity index (χ4n) is 9.47. The summed E-state index contributed by atoms with van der Waals surface area (Å²) in [4.78, 5) is 50.8. The molecular formula is C50H68N8O9S. The average molecular weight is 957 g/mol. The maximum Gasteiger partial charge on any atom is 0.254 e. The molecule has 17 nitrogen and oxygen atoms in total. The van der Waals surface area contributed by atoms with Crippen molar-refractivity contribution >= 4 is 50.2 Å². The third kappa shape index (κ3) is 12.9. The Kier molecular flexibility index (Phi) is 17.7. The van der Waals surface area contributed by atoms with Gasteiger partial charge in [-0.25, -0.2) is 0 Å². The zero-order valence-corrected chi connectivity index (χ0v) is 40.6. The van der Waals surface area contributed by atoms with Crippen molar-refractivity contribution in [3.8, 4) is 11.6 Å². The van der Waals surface area contributed by atoms with Gasteiger partial charge in [-0.2, -0.15) is 0 Å². The highest BCUT2D eigenvalue weighted by molar-refractivity contribution is 7.17. The minimum atomic E-state index is -0.537. The van der Waals surface area contributed by atoms with E-state index in [0.717, 1.165) is 89.9 Å². The maximum atomic E-state index is 13.8. The van der Waals surface area contributed by atoms with Gasteiger partial charge >= 0.3 is 0 Å². The van der Waals surface area contributed by atoms with Gasteiger partial charge in [0, 0.05) is 80.2 Å². The zero-order valence-electron chi connectivity index (χ0n) is 39.8. The minimum Gasteiger partial charge on any atom is -0.489 e. The van der Waals surface area contributed by atoms with Crippen LogP contribution < -0.4 is 20.1 Å². The van der Waals surface area contributed by atoms with Crippen LogP contribution in [0, 0.1) is 12.8 Å². The van der Waals surface area contributed by atoms with E-state index >= 15 is 0 Å². The van der Waals surface area contributed by atoms with E-state index in [2.05, 4.69) is 43.2 Å². The Balaban J connectivity index is 0.665. The number of hydrogen-bond donors (Lipinski definition) is 2. The second-order valence-corrected chi connectivity index (χ2v) is 19.0. The second kappa shape index (κ2) is 24.4. The predicted molar refractivity (Wildman–Crippen MR) is 259 cm³/mol. The highest BCUT2D eigenvalue weighted by Crippen LogP contribution is 2.32. The number of nitrogens with zero attached hydrogens (tertiary/aromatic N) is 6. The fraction of sp³-hybridized carbons (Fsp3) is 0.580. The van der Waals surface area contributed by atoms with Crippen LogP contribution in [-0.4, -0.2) is 158 Å². The molecule has 18 heteroatoms. The monoisotopic (exact) mass is 956 g/mol. The molecule has 0 radical (unpaired) electrons. The van der Waals surface area contributed by atoms with Crippen LogP contribution in [0.4, 0.5) is 0 Å². The van der Waals surface area contributed by atoms with Crippen molar-refractivity contribution in [2.24, 2.45) is 5.92 Å². The van der Waals surface area contributed by atoms with Crippen molar-refractivity contribution in [3.63, 3.8) is 0 Å². The Morgan fingerprint density at radius 2 is 1.56 bits per heavy atom. The lowest BCUT2D eigenvalue weighted by Gasteiger charge is -2.39. The lowest BCUT2D eigenvalue weighted by Crippen LogP contribution is -2.59. The van der Waals surface area contributed by atoms with E-state index in [1.807, 2.05) is 57.8 Å². The van der Waals surface area contributed by atoms with Gasteiger partial charge in [0.05, 0.1) is 62.4 Å². The summed E-state index contributed by atoms with van der Waals surface area (Å²) in [5.41, 5.74) is 3.74. The molecule has 1 aliphatic carbocycles. The van der Waals surface area contributed by atoms with Crippen LogP contribution in [0.25, 0.3) is 21.1 Å². The number of ether oxygens (including phenoxy) is 5. The molecular weight excluding hydrogens is 889 g/mol. The smallest absolute Gasteiger partial charge is 0.254 e. The molecule has 8 rings (SSSR count). The molecule has 2 atom stereocenters. The molecule has 2 saturated heterocycles. The number of aromatic nitrogens is 3. The summed E-state index contributed by atoms with van der Waals surface area (Å²) in [5, 5.41) is 13.2. The van der Waals surface area contributed by atoms with Crippen LogP contribution >= 0.6 is 11.3 Å². The summed E-state index contributed by atoms with van der Waals surface area (Å²) < 4.78 is 38.2. The number of nitrogens with one attached hydrogen (secondary N) is 2. The van der Waals surface area contributed by atoms with Crippen molar-refractivity contribution in [1.29, 1.82) is 0 Å². The Labute approximate surface area is 402 Å². The molecule has 3 aliphatic rings. The molecule has 68 heavy (non-hydrogen) atoms. The fourth-order valence-corrected chi connectivity index (χ4v) is 10.3. The van der Waals surface area contributed by atoms with E-state index < -0.39 is 6.04 Å². The highest BCUT2D eigenvalue weighted by atomic mass is 32.1. The number of piperazine rings is 1. The molecule has 5 aromatic rings. The molecule has 2 N–H and O–H groups in total. The number of amides is 3. The number of piperidine rings is 1. The quantitative estimate of drug-likeness (QED) is 0.0767. The summed E-state index contributed by atoms with van der Waals surface area (Å²) in [6.07, 6.45) is 9.06. The predicted octanol–water partition coefficient (Wildman–Crippen LogP) is 5.68. The van der Waals surface area contributed by atoms with Crippen LogP contribution in [0.2, 0.25) is 0 Å². The van der Waals surface area contributed by atoms with Gasteiger partial charge in [0.1, 0.15) is 24.5 Å². The number of likely N-dealkylation sites (N-methyl/N-ethyl adjacent to an activating group) is 1. The molecule has 368 valence electrons. The largest absolute Gasteiger partial charge is 0.489 e. The van der Waals surface area contributed by atoms with Crippen LogP contribution in [0.5, 0.6) is 11.6 Å². The summed E-state index contributed by atoms with van der Waals surface area (Å²) in [5.74, 6) is 2.04. The second-order valence-electron chi connectivity index (χ2n) is 18.1. The number of carbonyl (C=O) groups excluding carboxylic acids is 3. The third-order valence-electron chi connectivity index (χ3n) is 13.5. The van der Waals surface area contributed by atoms with Gasteiger partial charge in [-0.15, -0.1) is 11.3 Å². The summed E-state index contributed by atoms with van der Waals surface area (Å²) in [7, 11) is 1.74. The van der Waals surface area contributed by atoms with E-state index in [4.69, 9.17) is 28.2 Å². The van der Waals surface area contributed by atoms with E-state index in [0.29, 0.717) is 97.0 Å². The Bertz CT molecular complexity index is 2400. The topological polar surface area (TPSA) is 175 Å². The van der Waals surface area contributed by atoms with Crippen molar-refractivity contribution in [3.05, 3.63) is 71.1 Å². The van der Waals surface area contributed by atoms with Crippen LogP contribution in [-0.2, 0) is 36.9 Å². The van der Waals surface area contributed by atoms with Crippen LogP contribution in [0.15, 0.2) is 58.6 Å². The number of carbonyl (C=O) groups is 3. The number of hydrogen-bond acceptors (Lipinski definition) is 14. The lowest BCUT2D eigenvalue weighted by atomic mass is 9.83. The highest BCUT2D eigenvalue weighted by Gasteiger charge is 2.36. The van der Waals surface area contributed by atoms with Gasteiger partial charge in [0.2, 0.25) is 11.8 Å². The first-order valence-electron chi connectivity index (χ1n) is 24.4.